The summed E-state index contributed by atoms with van der Waals surface area (Å²) in [5.41, 5.74) is 0.0955. The van der Waals surface area contributed by atoms with Crippen molar-refractivity contribution in [2.45, 2.75) is 26.1 Å². The van der Waals surface area contributed by atoms with Crippen LogP contribution < -0.4 is 5.32 Å². The summed E-state index contributed by atoms with van der Waals surface area (Å²) in [5.74, 6) is 0. The maximum atomic E-state index is 12.8. The zero-order valence-electron chi connectivity index (χ0n) is 10.3. The van der Waals surface area contributed by atoms with Crippen LogP contribution in [-0.2, 0) is 19.1 Å². The van der Waals surface area contributed by atoms with Crippen LogP contribution in [0.15, 0.2) is 5.38 Å². The second kappa shape index (κ2) is 5.56. The number of hydrogen-bond acceptors (Lipinski definition) is 5. The van der Waals surface area contributed by atoms with Crippen molar-refractivity contribution in [3.05, 3.63) is 31.7 Å². The van der Waals surface area contributed by atoms with E-state index in [-0.39, 0.29) is 11.4 Å². The Bertz CT molecular complexity index is 560. The van der Waals surface area contributed by atoms with Crippen molar-refractivity contribution in [2.24, 2.45) is 0 Å². The molecule has 2 heterocycles. The fourth-order valence-electron chi connectivity index (χ4n) is 1.59. The molecule has 0 bridgehead atoms. The van der Waals surface area contributed by atoms with E-state index in [1.54, 1.807) is 7.05 Å². The van der Waals surface area contributed by atoms with E-state index in [0.29, 0.717) is 11.4 Å². The number of thiazole rings is 2. The number of aryl methyl sites for hydroxylation is 1. The lowest BCUT2D eigenvalue weighted by molar-refractivity contribution is -0.141. The molecular formula is C11H12F3N3S2. The molecule has 0 aliphatic carbocycles. The second-order valence-corrected chi connectivity index (χ2v) is 6.08. The Kier molecular flexibility index (Phi) is 4.22. The Balaban J connectivity index is 2.27. The Hall–Kier alpha value is -0.990. The molecule has 2 aromatic rings. The van der Waals surface area contributed by atoms with E-state index in [9.17, 15) is 13.2 Å². The van der Waals surface area contributed by atoms with E-state index in [0.717, 1.165) is 22.0 Å². The van der Waals surface area contributed by atoms with Crippen LogP contribution in [0.5, 0.6) is 0 Å². The van der Waals surface area contributed by atoms with E-state index in [2.05, 4.69) is 15.3 Å². The van der Waals surface area contributed by atoms with Crippen molar-refractivity contribution >= 4 is 22.7 Å². The van der Waals surface area contributed by atoms with Gasteiger partial charge in [0.15, 0.2) is 5.69 Å². The van der Waals surface area contributed by atoms with Crippen LogP contribution in [0.2, 0.25) is 0 Å². The predicted octanol–water partition coefficient (Wildman–Crippen LogP) is 3.24. The molecule has 0 aliphatic heterocycles. The molecule has 0 unspecified atom stereocenters. The first-order valence-corrected chi connectivity index (χ1v) is 7.21. The fourth-order valence-corrected chi connectivity index (χ4v) is 3.56. The van der Waals surface area contributed by atoms with Crippen LogP contribution in [0.4, 0.5) is 13.2 Å². The largest absolute Gasteiger partial charge is 0.434 e. The molecule has 1 N–H and O–H groups in total. The summed E-state index contributed by atoms with van der Waals surface area (Å²) in [6.45, 7) is 2.03. The van der Waals surface area contributed by atoms with Gasteiger partial charge >= 0.3 is 6.18 Å². The number of halogens is 3. The zero-order chi connectivity index (χ0) is 14.0. The summed E-state index contributed by atoms with van der Waals surface area (Å²) in [7, 11) is 1.61. The molecule has 0 atom stereocenters. The van der Waals surface area contributed by atoms with Crippen molar-refractivity contribution in [3.8, 4) is 0 Å². The third-order valence-corrected chi connectivity index (χ3v) is 4.34. The first-order valence-electron chi connectivity index (χ1n) is 5.51. The molecule has 19 heavy (non-hydrogen) atoms. The van der Waals surface area contributed by atoms with Crippen molar-refractivity contribution in [1.82, 2.24) is 15.3 Å². The quantitative estimate of drug-likeness (QED) is 0.942. The van der Waals surface area contributed by atoms with Gasteiger partial charge in [-0.25, -0.2) is 9.97 Å². The number of aromatic nitrogens is 2. The minimum atomic E-state index is -4.40. The van der Waals surface area contributed by atoms with E-state index in [1.165, 1.54) is 11.3 Å². The second-order valence-electron chi connectivity index (χ2n) is 3.97. The molecular weight excluding hydrogens is 295 g/mol. The van der Waals surface area contributed by atoms with Gasteiger partial charge in [-0.1, -0.05) is 0 Å². The monoisotopic (exact) mass is 307 g/mol. The van der Waals surface area contributed by atoms with Crippen molar-refractivity contribution in [1.29, 1.82) is 0 Å². The first kappa shape index (κ1) is 14.4. The normalized spacial score (nSPS) is 12.1. The number of hydrogen-bond donors (Lipinski definition) is 1. The Morgan fingerprint density at radius 1 is 1.26 bits per heavy atom. The summed E-state index contributed by atoms with van der Waals surface area (Å²) in [5, 5.41) is 5.85. The summed E-state index contributed by atoms with van der Waals surface area (Å²) in [6.07, 6.45) is -4.05. The van der Waals surface area contributed by atoms with Crippen molar-refractivity contribution in [3.63, 3.8) is 0 Å². The highest BCUT2D eigenvalue weighted by Gasteiger charge is 2.37. The third kappa shape index (κ3) is 3.52. The average molecular weight is 307 g/mol. The third-order valence-electron chi connectivity index (χ3n) is 2.32. The molecule has 0 spiro atoms. The molecule has 0 aliphatic rings. The smallest absolute Gasteiger partial charge is 0.315 e. The molecule has 2 aromatic heterocycles. The van der Waals surface area contributed by atoms with Crippen LogP contribution in [-0.4, -0.2) is 17.0 Å². The Morgan fingerprint density at radius 2 is 2.00 bits per heavy atom. The van der Waals surface area contributed by atoms with Crippen molar-refractivity contribution in [2.75, 3.05) is 7.05 Å². The van der Waals surface area contributed by atoms with Crippen LogP contribution >= 0.6 is 22.7 Å². The van der Waals surface area contributed by atoms with Gasteiger partial charge in [-0.05, 0) is 14.0 Å². The van der Waals surface area contributed by atoms with Gasteiger partial charge in [-0.15, -0.1) is 22.7 Å². The SMILES string of the molecule is CNCc1sc(Cc2nc(C)cs2)nc1C(F)(F)F. The number of alkyl halides is 3. The predicted molar refractivity (Wildman–Crippen MR) is 69.5 cm³/mol. The number of nitrogens with one attached hydrogen (secondary N) is 1. The summed E-state index contributed by atoms with van der Waals surface area (Å²) < 4.78 is 38.5. The highest BCUT2D eigenvalue weighted by Crippen LogP contribution is 2.35. The first-order chi connectivity index (χ1) is 8.90. The Morgan fingerprint density at radius 3 is 2.53 bits per heavy atom. The standard InChI is InChI=1S/C11H12F3N3S2/c1-6-5-18-8(16-6)3-9-17-10(11(12,13)14)7(19-9)4-15-2/h5,15H,3-4H2,1-2H3. The lowest BCUT2D eigenvalue weighted by atomic mass is 10.3. The molecule has 0 aromatic carbocycles. The fraction of sp³-hybridized carbons (Fsp3) is 0.455. The molecule has 0 fully saturated rings. The minimum absolute atomic E-state index is 0.170. The highest BCUT2D eigenvalue weighted by atomic mass is 32.1. The molecule has 0 saturated carbocycles. The van der Waals surface area contributed by atoms with Crippen LogP contribution in [0.25, 0.3) is 0 Å². The van der Waals surface area contributed by atoms with Gasteiger partial charge in [-0.2, -0.15) is 13.2 Å². The topological polar surface area (TPSA) is 37.8 Å². The van der Waals surface area contributed by atoms with E-state index in [1.807, 2.05) is 12.3 Å². The van der Waals surface area contributed by atoms with E-state index >= 15 is 0 Å². The lowest BCUT2D eigenvalue weighted by Gasteiger charge is -2.04. The molecule has 104 valence electrons. The molecule has 8 heteroatoms. The van der Waals surface area contributed by atoms with Crippen LogP contribution in [0, 0.1) is 6.92 Å². The molecule has 0 radical (unpaired) electrons. The average Bonchev–Trinajstić information content (AvgIpc) is 2.86. The van der Waals surface area contributed by atoms with Gasteiger partial charge in [0.25, 0.3) is 0 Å². The van der Waals surface area contributed by atoms with Crippen LogP contribution in [0.1, 0.15) is 26.3 Å². The summed E-state index contributed by atoms with van der Waals surface area (Å²) >= 11 is 2.53. The molecule has 0 amide bonds. The van der Waals surface area contributed by atoms with E-state index < -0.39 is 11.9 Å². The van der Waals surface area contributed by atoms with Gasteiger partial charge in [0.1, 0.15) is 5.01 Å². The maximum absolute atomic E-state index is 12.8. The van der Waals surface area contributed by atoms with Gasteiger partial charge in [0.2, 0.25) is 0 Å². The minimum Gasteiger partial charge on any atom is -0.315 e. The molecule has 3 nitrogen and oxygen atoms in total. The van der Waals surface area contributed by atoms with Gasteiger partial charge < -0.3 is 5.32 Å². The van der Waals surface area contributed by atoms with Crippen LogP contribution in [0.3, 0.4) is 0 Å². The molecule has 2 rings (SSSR count). The Labute approximate surface area is 116 Å². The number of nitrogens with zero attached hydrogens (tertiary/aromatic N) is 2. The maximum Gasteiger partial charge on any atom is 0.434 e. The highest BCUT2D eigenvalue weighted by molar-refractivity contribution is 7.12. The van der Waals surface area contributed by atoms with Gasteiger partial charge in [-0.3, -0.25) is 0 Å². The lowest BCUT2D eigenvalue weighted by Crippen LogP contribution is -2.12. The zero-order valence-corrected chi connectivity index (χ0v) is 12.0. The summed E-state index contributed by atoms with van der Waals surface area (Å²) in [6, 6.07) is 0. The molecule has 0 saturated heterocycles. The number of rotatable bonds is 4. The van der Waals surface area contributed by atoms with Gasteiger partial charge in [0, 0.05) is 17.6 Å². The van der Waals surface area contributed by atoms with Gasteiger partial charge in [0.05, 0.1) is 16.3 Å². The van der Waals surface area contributed by atoms with E-state index in [4.69, 9.17) is 0 Å². The summed E-state index contributed by atoms with van der Waals surface area (Å²) in [4.78, 5) is 8.19. The van der Waals surface area contributed by atoms with Crippen molar-refractivity contribution < 1.29 is 13.2 Å².